The quantitative estimate of drug-likeness (QED) is 0.645. The maximum absolute atomic E-state index is 12.1. The Kier molecular flexibility index (Phi) is 6.04. The number of hydrogen-bond acceptors (Lipinski definition) is 4. The summed E-state index contributed by atoms with van der Waals surface area (Å²) in [4.78, 5) is 12.1. The topological polar surface area (TPSA) is 77.5 Å². The van der Waals surface area contributed by atoms with Crippen LogP contribution in [0, 0.1) is 5.92 Å². The summed E-state index contributed by atoms with van der Waals surface area (Å²) in [6, 6.07) is 17.5. The van der Waals surface area contributed by atoms with Crippen molar-refractivity contribution in [3.63, 3.8) is 0 Å². The van der Waals surface area contributed by atoms with Crippen molar-refractivity contribution < 1.29 is 13.9 Å². The van der Waals surface area contributed by atoms with Gasteiger partial charge in [0.15, 0.2) is 5.76 Å². The molecule has 0 aliphatic heterocycles. The summed E-state index contributed by atoms with van der Waals surface area (Å²) < 4.78 is 11.4. The second kappa shape index (κ2) is 8.46. The minimum Gasteiger partial charge on any atom is -0.486 e. The van der Waals surface area contributed by atoms with Crippen LogP contribution in [0.3, 0.4) is 0 Å². The molecule has 1 saturated carbocycles. The van der Waals surface area contributed by atoms with E-state index in [-0.39, 0.29) is 36.7 Å². The van der Waals surface area contributed by atoms with Gasteiger partial charge in [-0.2, -0.15) is 0 Å². The van der Waals surface area contributed by atoms with Crippen molar-refractivity contribution >= 4 is 29.1 Å². The minimum absolute atomic E-state index is 0. The molecule has 4 rings (SSSR count). The van der Waals surface area contributed by atoms with Gasteiger partial charge >= 0.3 is 0 Å². The number of furan rings is 1. The minimum atomic E-state index is -0.238. The van der Waals surface area contributed by atoms with Crippen LogP contribution < -0.4 is 15.8 Å². The number of nitrogens with one attached hydrogen (secondary N) is 1. The van der Waals surface area contributed by atoms with Gasteiger partial charge in [0, 0.05) is 12.6 Å². The lowest BCUT2D eigenvalue weighted by Gasteiger charge is -2.10. The van der Waals surface area contributed by atoms with Gasteiger partial charge in [-0.15, -0.1) is 12.4 Å². The van der Waals surface area contributed by atoms with Crippen molar-refractivity contribution in [3.8, 4) is 5.75 Å². The van der Waals surface area contributed by atoms with Gasteiger partial charge in [-0.1, -0.05) is 30.3 Å². The molecule has 0 radical (unpaired) electrons. The van der Waals surface area contributed by atoms with Crippen LogP contribution in [-0.4, -0.2) is 18.5 Å². The maximum Gasteiger partial charge on any atom is 0.287 e. The number of carbonyl (C=O) groups excluding carboxylic acids is 1. The standard InChI is InChI=1S/C21H22N2O3.ClH/c22-19(15-5-6-15)12-23-21(24)20-10-9-18(26-20)13-25-17-8-7-14-3-1-2-4-16(14)11-17;/h1-4,7-11,15,19H,5-6,12-13,22H2,(H,23,24);1H. The highest BCUT2D eigenvalue weighted by atomic mass is 35.5. The Morgan fingerprint density at radius 2 is 1.93 bits per heavy atom. The number of carbonyl (C=O) groups is 1. The number of halogens is 1. The Morgan fingerprint density at radius 1 is 1.15 bits per heavy atom. The summed E-state index contributed by atoms with van der Waals surface area (Å²) in [5.74, 6) is 1.97. The fourth-order valence-corrected chi connectivity index (χ4v) is 2.98. The second-order valence-corrected chi connectivity index (χ2v) is 6.77. The molecule has 1 unspecified atom stereocenters. The number of ether oxygens (including phenoxy) is 1. The van der Waals surface area contributed by atoms with Crippen LogP contribution in [0.1, 0.15) is 29.2 Å². The molecule has 1 fully saturated rings. The fraction of sp³-hybridized carbons (Fsp3) is 0.286. The summed E-state index contributed by atoms with van der Waals surface area (Å²) in [6.45, 7) is 0.750. The average Bonchev–Trinajstić information content (AvgIpc) is 3.42. The normalized spacial score (nSPS) is 14.4. The van der Waals surface area contributed by atoms with Crippen molar-refractivity contribution in [2.24, 2.45) is 11.7 Å². The van der Waals surface area contributed by atoms with Crippen LogP contribution in [0.4, 0.5) is 0 Å². The number of nitrogens with two attached hydrogens (primary N) is 1. The van der Waals surface area contributed by atoms with Gasteiger partial charge in [-0.25, -0.2) is 0 Å². The zero-order valence-electron chi connectivity index (χ0n) is 14.9. The molecule has 3 aromatic rings. The third-order valence-electron chi connectivity index (χ3n) is 4.71. The molecular weight excluding hydrogens is 364 g/mol. The van der Waals surface area contributed by atoms with E-state index in [4.69, 9.17) is 14.9 Å². The van der Waals surface area contributed by atoms with Crippen LogP contribution in [0.5, 0.6) is 5.75 Å². The average molecular weight is 387 g/mol. The molecule has 1 atom stereocenters. The number of amides is 1. The molecule has 2 aromatic carbocycles. The van der Waals surface area contributed by atoms with Gasteiger partial charge in [0.05, 0.1) is 0 Å². The van der Waals surface area contributed by atoms with Crippen molar-refractivity contribution in [3.05, 3.63) is 66.1 Å². The monoisotopic (exact) mass is 386 g/mol. The van der Waals surface area contributed by atoms with Crippen LogP contribution >= 0.6 is 12.4 Å². The smallest absolute Gasteiger partial charge is 0.287 e. The highest BCUT2D eigenvalue weighted by Crippen LogP contribution is 2.31. The maximum atomic E-state index is 12.1. The first-order valence-corrected chi connectivity index (χ1v) is 8.93. The van der Waals surface area contributed by atoms with E-state index < -0.39 is 0 Å². The van der Waals surface area contributed by atoms with E-state index in [1.807, 2.05) is 36.4 Å². The van der Waals surface area contributed by atoms with E-state index in [9.17, 15) is 4.79 Å². The summed E-state index contributed by atoms with van der Waals surface area (Å²) in [6.07, 6.45) is 2.32. The molecule has 1 amide bonds. The highest BCUT2D eigenvalue weighted by Gasteiger charge is 2.28. The lowest BCUT2D eigenvalue weighted by atomic mass is 10.1. The molecule has 0 spiro atoms. The SMILES string of the molecule is Cl.NC(CNC(=O)c1ccc(COc2ccc3ccccc3c2)o1)C1CC1. The van der Waals surface area contributed by atoms with Crippen LogP contribution in [-0.2, 0) is 6.61 Å². The summed E-state index contributed by atoms with van der Waals surface area (Å²) in [5, 5.41) is 5.12. The van der Waals surface area contributed by atoms with Crippen molar-refractivity contribution in [2.75, 3.05) is 6.54 Å². The first-order valence-electron chi connectivity index (χ1n) is 8.93. The number of fused-ring (bicyclic) bond motifs is 1. The third-order valence-corrected chi connectivity index (χ3v) is 4.71. The first-order chi connectivity index (χ1) is 12.7. The van der Waals surface area contributed by atoms with E-state index in [0.717, 1.165) is 24.0 Å². The molecule has 1 heterocycles. The third kappa shape index (κ3) is 4.81. The molecule has 1 aliphatic carbocycles. The van der Waals surface area contributed by atoms with Crippen LogP contribution in [0.2, 0.25) is 0 Å². The Bertz CT molecular complexity index is 920. The Hall–Kier alpha value is -2.50. The van der Waals surface area contributed by atoms with E-state index >= 15 is 0 Å². The van der Waals surface area contributed by atoms with Crippen molar-refractivity contribution in [1.82, 2.24) is 5.32 Å². The van der Waals surface area contributed by atoms with Gasteiger partial charge < -0.3 is 20.2 Å². The van der Waals surface area contributed by atoms with Crippen LogP contribution in [0.15, 0.2) is 59.0 Å². The van der Waals surface area contributed by atoms with Gasteiger partial charge in [0.25, 0.3) is 5.91 Å². The Labute approximate surface area is 164 Å². The summed E-state index contributed by atoms with van der Waals surface area (Å²) >= 11 is 0. The largest absolute Gasteiger partial charge is 0.486 e. The van der Waals surface area contributed by atoms with Gasteiger partial charge in [0.2, 0.25) is 0 Å². The van der Waals surface area contributed by atoms with Crippen molar-refractivity contribution in [2.45, 2.75) is 25.5 Å². The molecule has 0 bridgehead atoms. The molecule has 0 saturated heterocycles. The van der Waals surface area contributed by atoms with E-state index in [1.165, 1.54) is 5.39 Å². The zero-order valence-corrected chi connectivity index (χ0v) is 15.7. The second-order valence-electron chi connectivity index (χ2n) is 6.77. The van der Waals surface area contributed by atoms with Crippen LogP contribution in [0.25, 0.3) is 10.8 Å². The Morgan fingerprint density at radius 3 is 2.70 bits per heavy atom. The Balaban J connectivity index is 0.00000210. The number of rotatable bonds is 7. The van der Waals surface area contributed by atoms with E-state index in [0.29, 0.717) is 18.2 Å². The summed E-state index contributed by atoms with van der Waals surface area (Å²) in [7, 11) is 0. The van der Waals surface area contributed by atoms with Gasteiger partial charge in [0.1, 0.15) is 18.1 Å². The number of benzene rings is 2. The van der Waals surface area contributed by atoms with Gasteiger partial charge in [-0.05, 0) is 53.8 Å². The van der Waals surface area contributed by atoms with Gasteiger partial charge in [-0.3, -0.25) is 4.79 Å². The predicted octanol–water partition coefficient (Wildman–Crippen LogP) is 3.90. The molecular formula is C21H23ClN2O3. The molecule has 27 heavy (non-hydrogen) atoms. The lowest BCUT2D eigenvalue weighted by Crippen LogP contribution is -2.38. The summed E-state index contributed by atoms with van der Waals surface area (Å²) in [5.41, 5.74) is 6.00. The predicted molar refractivity (Wildman–Crippen MR) is 107 cm³/mol. The fourth-order valence-electron chi connectivity index (χ4n) is 2.98. The van der Waals surface area contributed by atoms with Crippen molar-refractivity contribution in [1.29, 1.82) is 0 Å². The first kappa shape index (κ1) is 19.3. The zero-order chi connectivity index (χ0) is 17.9. The molecule has 1 aliphatic rings. The van der Waals surface area contributed by atoms with E-state index in [1.54, 1.807) is 12.1 Å². The number of hydrogen-bond donors (Lipinski definition) is 2. The molecule has 6 heteroatoms. The highest BCUT2D eigenvalue weighted by molar-refractivity contribution is 5.91. The molecule has 3 N–H and O–H groups in total. The molecule has 5 nitrogen and oxygen atoms in total. The lowest BCUT2D eigenvalue weighted by molar-refractivity contribution is 0.0918. The molecule has 1 aromatic heterocycles. The van der Waals surface area contributed by atoms with E-state index in [2.05, 4.69) is 11.4 Å². The molecule has 142 valence electrons.